The van der Waals surface area contributed by atoms with E-state index in [0.717, 1.165) is 12.5 Å². The van der Waals surface area contributed by atoms with Gasteiger partial charge in [-0.3, -0.25) is 0 Å². The SMILES string of the molecule is CC1CN(C)CCC1NCC1CCC2(CCCC2)O1. The van der Waals surface area contributed by atoms with Crippen LogP contribution in [0.4, 0.5) is 0 Å². The van der Waals surface area contributed by atoms with Crippen LogP contribution in [0.15, 0.2) is 0 Å². The largest absolute Gasteiger partial charge is 0.370 e. The molecule has 3 atom stereocenters. The second-order valence-electron chi connectivity index (χ2n) is 7.21. The molecule has 19 heavy (non-hydrogen) atoms. The van der Waals surface area contributed by atoms with Crippen molar-refractivity contribution in [1.82, 2.24) is 10.2 Å². The summed E-state index contributed by atoms with van der Waals surface area (Å²) in [7, 11) is 2.23. The maximum Gasteiger partial charge on any atom is 0.0708 e. The molecule has 0 amide bonds. The second-order valence-corrected chi connectivity index (χ2v) is 7.21. The zero-order valence-electron chi connectivity index (χ0n) is 12.7. The van der Waals surface area contributed by atoms with Crippen molar-refractivity contribution in [2.24, 2.45) is 5.92 Å². The first-order valence-electron chi connectivity index (χ1n) is 8.27. The first kappa shape index (κ1) is 13.8. The third-order valence-electron chi connectivity index (χ3n) is 5.57. The van der Waals surface area contributed by atoms with Gasteiger partial charge in [-0.25, -0.2) is 0 Å². The third kappa shape index (κ3) is 3.14. The van der Waals surface area contributed by atoms with Gasteiger partial charge in [-0.1, -0.05) is 19.8 Å². The van der Waals surface area contributed by atoms with Crippen molar-refractivity contribution in [3.63, 3.8) is 0 Å². The predicted octanol–water partition coefficient (Wildman–Crippen LogP) is 2.41. The van der Waals surface area contributed by atoms with Crippen LogP contribution in [0.1, 0.15) is 51.9 Å². The molecule has 0 aromatic carbocycles. The molecule has 0 aromatic rings. The lowest BCUT2D eigenvalue weighted by atomic mass is 9.94. The zero-order chi connectivity index (χ0) is 13.3. The number of hydrogen-bond donors (Lipinski definition) is 1. The van der Waals surface area contributed by atoms with E-state index in [0.29, 0.717) is 17.7 Å². The number of ether oxygens (including phenoxy) is 1. The van der Waals surface area contributed by atoms with Crippen LogP contribution in [-0.2, 0) is 4.74 Å². The van der Waals surface area contributed by atoms with E-state index in [1.54, 1.807) is 0 Å². The molecule has 1 saturated carbocycles. The smallest absolute Gasteiger partial charge is 0.0708 e. The minimum absolute atomic E-state index is 0.296. The Morgan fingerprint density at radius 3 is 2.74 bits per heavy atom. The van der Waals surface area contributed by atoms with Gasteiger partial charge in [0.2, 0.25) is 0 Å². The van der Waals surface area contributed by atoms with Crippen molar-refractivity contribution in [3.8, 4) is 0 Å². The van der Waals surface area contributed by atoms with E-state index < -0.39 is 0 Å². The molecule has 0 bridgehead atoms. The van der Waals surface area contributed by atoms with E-state index in [2.05, 4.69) is 24.2 Å². The number of hydrogen-bond acceptors (Lipinski definition) is 3. The van der Waals surface area contributed by atoms with E-state index in [9.17, 15) is 0 Å². The molecule has 2 aliphatic heterocycles. The standard InChI is InChI=1S/C16H30N2O/c1-13-12-18(2)10-6-15(13)17-11-14-5-9-16(19-14)7-3-4-8-16/h13-15,17H,3-12H2,1-2H3. The summed E-state index contributed by atoms with van der Waals surface area (Å²) < 4.78 is 6.38. The van der Waals surface area contributed by atoms with Gasteiger partial charge in [0, 0.05) is 19.1 Å². The van der Waals surface area contributed by atoms with E-state index in [4.69, 9.17) is 4.74 Å². The van der Waals surface area contributed by atoms with Crippen LogP contribution in [0.2, 0.25) is 0 Å². The molecule has 3 fully saturated rings. The Hall–Kier alpha value is -0.120. The van der Waals surface area contributed by atoms with Crippen LogP contribution >= 0.6 is 0 Å². The van der Waals surface area contributed by atoms with E-state index in [1.165, 1.54) is 58.0 Å². The maximum atomic E-state index is 6.38. The molecule has 0 aromatic heterocycles. The van der Waals surface area contributed by atoms with E-state index in [-0.39, 0.29) is 0 Å². The molecular weight excluding hydrogens is 236 g/mol. The summed E-state index contributed by atoms with van der Waals surface area (Å²) >= 11 is 0. The highest BCUT2D eigenvalue weighted by Crippen LogP contribution is 2.43. The lowest BCUT2D eigenvalue weighted by Gasteiger charge is -2.36. The van der Waals surface area contributed by atoms with Crippen molar-refractivity contribution in [1.29, 1.82) is 0 Å². The van der Waals surface area contributed by atoms with Gasteiger partial charge in [0.15, 0.2) is 0 Å². The Balaban J connectivity index is 1.43. The van der Waals surface area contributed by atoms with Crippen LogP contribution in [0.25, 0.3) is 0 Å². The molecule has 2 heterocycles. The summed E-state index contributed by atoms with van der Waals surface area (Å²) in [4.78, 5) is 2.45. The quantitative estimate of drug-likeness (QED) is 0.849. The highest BCUT2D eigenvalue weighted by molar-refractivity contribution is 4.94. The molecule has 110 valence electrons. The minimum Gasteiger partial charge on any atom is -0.370 e. The average Bonchev–Trinajstić information content (AvgIpc) is 2.99. The molecule has 3 heteroatoms. The second kappa shape index (κ2) is 5.71. The summed E-state index contributed by atoms with van der Waals surface area (Å²) in [6.07, 6.45) is 9.73. The van der Waals surface area contributed by atoms with Gasteiger partial charge in [0.1, 0.15) is 0 Å². The van der Waals surface area contributed by atoms with Gasteiger partial charge in [-0.05, 0) is 51.6 Å². The Bertz CT molecular complexity index is 301. The van der Waals surface area contributed by atoms with Crippen molar-refractivity contribution in [2.45, 2.75) is 69.6 Å². The number of likely N-dealkylation sites (tertiary alicyclic amines) is 1. The van der Waals surface area contributed by atoms with Crippen LogP contribution in [0, 0.1) is 5.92 Å². The topological polar surface area (TPSA) is 24.5 Å². The molecule has 1 N–H and O–H groups in total. The fourth-order valence-corrected chi connectivity index (χ4v) is 4.37. The van der Waals surface area contributed by atoms with Crippen LogP contribution in [0.5, 0.6) is 0 Å². The van der Waals surface area contributed by atoms with Gasteiger partial charge in [0.05, 0.1) is 11.7 Å². The van der Waals surface area contributed by atoms with Gasteiger partial charge >= 0.3 is 0 Å². The molecule has 3 aliphatic rings. The van der Waals surface area contributed by atoms with Crippen molar-refractivity contribution in [3.05, 3.63) is 0 Å². The summed E-state index contributed by atoms with van der Waals surface area (Å²) in [6.45, 7) is 5.91. The Morgan fingerprint density at radius 1 is 1.21 bits per heavy atom. The molecule has 0 radical (unpaired) electrons. The average molecular weight is 266 g/mol. The van der Waals surface area contributed by atoms with Crippen molar-refractivity contribution in [2.75, 3.05) is 26.7 Å². The van der Waals surface area contributed by atoms with Crippen LogP contribution in [-0.4, -0.2) is 49.3 Å². The fraction of sp³-hybridized carbons (Fsp3) is 1.00. The molecule has 1 spiro atoms. The predicted molar refractivity (Wildman–Crippen MR) is 78.4 cm³/mol. The molecule has 2 saturated heterocycles. The van der Waals surface area contributed by atoms with Crippen LogP contribution < -0.4 is 5.32 Å². The zero-order valence-corrected chi connectivity index (χ0v) is 12.7. The number of nitrogens with one attached hydrogen (secondary N) is 1. The normalized spacial score (nSPS) is 39.2. The van der Waals surface area contributed by atoms with Gasteiger partial charge in [-0.2, -0.15) is 0 Å². The summed E-state index contributed by atoms with van der Waals surface area (Å²) in [5.41, 5.74) is 0.296. The maximum absolute atomic E-state index is 6.38. The monoisotopic (exact) mass is 266 g/mol. The number of piperidine rings is 1. The van der Waals surface area contributed by atoms with Crippen molar-refractivity contribution < 1.29 is 4.74 Å². The summed E-state index contributed by atoms with van der Waals surface area (Å²) in [5.74, 6) is 0.764. The highest BCUT2D eigenvalue weighted by atomic mass is 16.5. The third-order valence-corrected chi connectivity index (χ3v) is 5.57. The van der Waals surface area contributed by atoms with E-state index >= 15 is 0 Å². The summed E-state index contributed by atoms with van der Waals surface area (Å²) in [6, 6.07) is 0.694. The fourth-order valence-electron chi connectivity index (χ4n) is 4.37. The lowest BCUT2D eigenvalue weighted by Crippen LogP contribution is -2.48. The number of rotatable bonds is 3. The molecule has 3 unspecified atom stereocenters. The first-order chi connectivity index (χ1) is 9.17. The minimum atomic E-state index is 0.296. The molecule has 3 nitrogen and oxygen atoms in total. The Labute approximate surface area is 118 Å². The Kier molecular flexibility index (Phi) is 4.16. The lowest BCUT2D eigenvalue weighted by molar-refractivity contribution is -0.0370. The van der Waals surface area contributed by atoms with Gasteiger partial charge in [-0.15, -0.1) is 0 Å². The summed E-state index contributed by atoms with van der Waals surface area (Å²) in [5, 5.41) is 3.79. The molecule has 1 aliphatic carbocycles. The van der Waals surface area contributed by atoms with E-state index in [1.807, 2.05) is 0 Å². The molecular formula is C16H30N2O. The van der Waals surface area contributed by atoms with Crippen molar-refractivity contribution >= 4 is 0 Å². The Morgan fingerprint density at radius 2 is 2.00 bits per heavy atom. The highest BCUT2D eigenvalue weighted by Gasteiger charge is 2.42. The first-order valence-corrected chi connectivity index (χ1v) is 8.27. The van der Waals surface area contributed by atoms with Gasteiger partial charge in [0.25, 0.3) is 0 Å². The van der Waals surface area contributed by atoms with Gasteiger partial charge < -0.3 is 15.0 Å². The number of nitrogens with zero attached hydrogens (tertiary/aromatic N) is 1. The van der Waals surface area contributed by atoms with Crippen LogP contribution in [0.3, 0.4) is 0 Å². The molecule has 3 rings (SSSR count).